The average molecular weight is 475 g/mol. The molecule has 35 heavy (non-hydrogen) atoms. The molecule has 5 rings (SSSR count). The quantitative estimate of drug-likeness (QED) is 0.397. The molecule has 0 saturated carbocycles. The van der Waals surface area contributed by atoms with Gasteiger partial charge in [-0.3, -0.25) is 14.2 Å². The van der Waals surface area contributed by atoms with E-state index in [-0.39, 0.29) is 17.8 Å². The molecule has 0 bridgehead atoms. The van der Waals surface area contributed by atoms with Crippen molar-refractivity contribution in [2.75, 3.05) is 14.2 Å². The molecule has 0 radical (unpaired) electrons. The molecule has 3 aromatic heterocycles. The van der Waals surface area contributed by atoms with Crippen LogP contribution in [-0.2, 0) is 6.61 Å². The van der Waals surface area contributed by atoms with Crippen molar-refractivity contribution in [2.24, 2.45) is 0 Å². The van der Waals surface area contributed by atoms with Crippen LogP contribution in [0.3, 0.4) is 0 Å². The van der Waals surface area contributed by atoms with Crippen LogP contribution in [0.2, 0.25) is 0 Å². The number of carbonyl (C=O) groups is 1. The molecule has 1 N–H and O–H groups in total. The number of nitrogens with zero attached hydrogens (tertiary/aromatic N) is 4. The van der Waals surface area contributed by atoms with Gasteiger partial charge in [0.25, 0.3) is 5.91 Å². The van der Waals surface area contributed by atoms with Crippen LogP contribution in [0.25, 0.3) is 27.7 Å². The lowest BCUT2D eigenvalue weighted by molar-refractivity contribution is 0.0959. The summed E-state index contributed by atoms with van der Waals surface area (Å²) in [7, 11) is 3.00. The molecule has 0 aliphatic carbocycles. The van der Waals surface area contributed by atoms with E-state index >= 15 is 0 Å². The first-order chi connectivity index (χ1) is 17.0. The van der Waals surface area contributed by atoms with Gasteiger partial charge < -0.3 is 14.8 Å². The molecular weight excluding hydrogens is 456 g/mol. The third-order valence-corrected chi connectivity index (χ3v) is 5.57. The van der Waals surface area contributed by atoms with Gasteiger partial charge in [0.1, 0.15) is 23.9 Å². The van der Waals surface area contributed by atoms with Crippen LogP contribution >= 0.6 is 0 Å². The van der Waals surface area contributed by atoms with Crippen molar-refractivity contribution in [1.29, 1.82) is 0 Å². The van der Waals surface area contributed by atoms with E-state index in [1.165, 1.54) is 29.6 Å². The minimum Gasteiger partial charge on any atom is -0.497 e. The van der Waals surface area contributed by atoms with Crippen molar-refractivity contribution >= 4 is 22.5 Å². The summed E-state index contributed by atoms with van der Waals surface area (Å²) in [6, 6.07) is 12.5. The predicted octanol–water partition coefficient (Wildman–Crippen LogP) is 4.17. The second-order valence-electron chi connectivity index (χ2n) is 7.64. The van der Waals surface area contributed by atoms with Crippen molar-refractivity contribution in [1.82, 2.24) is 24.9 Å². The van der Waals surface area contributed by atoms with Crippen molar-refractivity contribution in [3.8, 4) is 22.6 Å². The summed E-state index contributed by atoms with van der Waals surface area (Å²) in [5.74, 6) is -0.293. The Kier molecular flexibility index (Phi) is 5.69. The highest BCUT2D eigenvalue weighted by atomic mass is 19.1. The first kappa shape index (κ1) is 22.2. The van der Waals surface area contributed by atoms with Gasteiger partial charge in [-0.2, -0.15) is 0 Å². The molecule has 8 nitrogen and oxygen atoms in total. The average Bonchev–Trinajstić information content (AvgIpc) is 3.30. The van der Waals surface area contributed by atoms with Gasteiger partial charge in [0.05, 0.1) is 18.2 Å². The molecule has 5 aromatic rings. The highest BCUT2D eigenvalue weighted by molar-refractivity contribution is 5.94. The van der Waals surface area contributed by atoms with Crippen molar-refractivity contribution in [3.63, 3.8) is 0 Å². The van der Waals surface area contributed by atoms with E-state index in [1.807, 2.05) is 6.07 Å². The maximum absolute atomic E-state index is 14.8. The molecule has 3 heterocycles. The molecular formula is C25H19F2N5O3. The van der Waals surface area contributed by atoms with Crippen LogP contribution in [0.1, 0.15) is 16.2 Å². The van der Waals surface area contributed by atoms with E-state index in [0.717, 1.165) is 5.39 Å². The number of fused-ring (bicyclic) bond motifs is 2. The van der Waals surface area contributed by atoms with Crippen LogP contribution < -0.4 is 14.8 Å². The van der Waals surface area contributed by atoms with Crippen LogP contribution in [0.15, 0.2) is 60.9 Å². The number of ether oxygens (including phenoxy) is 2. The minimum atomic E-state index is -0.712. The summed E-state index contributed by atoms with van der Waals surface area (Å²) >= 11 is 0. The first-order valence-electron chi connectivity index (χ1n) is 10.6. The molecule has 176 valence electrons. The maximum Gasteiger partial charge on any atom is 0.253 e. The SMILES string of the molecule is CNC(=O)c1ccc(-c2cc(F)c3nnc(COc4ccnc5cc(OC)ccc45)n3c2)cc1F. The zero-order valence-electron chi connectivity index (χ0n) is 18.8. The van der Waals surface area contributed by atoms with E-state index < -0.39 is 17.5 Å². The predicted molar refractivity (Wildman–Crippen MR) is 124 cm³/mol. The first-order valence-corrected chi connectivity index (χ1v) is 10.6. The third kappa shape index (κ3) is 4.10. The van der Waals surface area contributed by atoms with E-state index in [1.54, 1.807) is 43.8 Å². The summed E-state index contributed by atoms with van der Waals surface area (Å²) in [6.45, 7) is -0.000821. The zero-order valence-corrected chi connectivity index (χ0v) is 18.8. The molecule has 0 aliphatic heterocycles. The van der Waals surface area contributed by atoms with Gasteiger partial charge in [0.2, 0.25) is 0 Å². The highest BCUT2D eigenvalue weighted by Gasteiger charge is 2.16. The second-order valence-corrected chi connectivity index (χ2v) is 7.64. The molecule has 1 amide bonds. The maximum atomic E-state index is 14.8. The third-order valence-electron chi connectivity index (χ3n) is 5.57. The highest BCUT2D eigenvalue weighted by Crippen LogP contribution is 2.28. The van der Waals surface area contributed by atoms with Gasteiger partial charge in [-0.25, -0.2) is 8.78 Å². The largest absolute Gasteiger partial charge is 0.497 e. The molecule has 10 heteroatoms. The van der Waals surface area contributed by atoms with Gasteiger partial charge in [0, 0.05) is 36.5 Å². The number of amides is 1. The Morgan fingerprint density at radius 3 is 2.63 bits per heavy atom. The number of carbonyl (C=O) groups excluding carboxylic acids is 1. The van der Waals surface area contributed by atoms with Gasteiger partial charge in [0.15, 0.2) is 17.3 Å². The number of halogens is 2. The van der Waals surface area contributed by atoms with Crippen LogP contribution in [0.5, 0.6) is 11.5 Å². The molecule has 0 spiro atoms. The Morgan fingerprint density at radius 2 is 1.86 bits per heavy atom. The Bertz CT molecular complexity index is 1590. The van der Waals surface area contributed by atoms with Crippen molar-refractivity contribution in [2.45, 2.75) is 6.61 Å². The van der Waals surface area contributed by atoms with E-state index in [9.17, 15) is 13.6 Å². The number of benzene rings is 2. The Hall–Kier alpha value is -4.60. The number of aromatic nitrogens is 4. The van der Waals surface area contributed by atoms with Gasteiger partial charge in [-0.15, -0.1) is 10.2 Å². The van der Waals surface area contributed by atoms with Crippen LogP contribution in [0, 0.1) is 11.6 Å². The summed E-state index contributed by atoms with van der Waals surface area (Å²) < 4.78 is 42.0. The smallest absolute Gasteiger partial charge is 0.253 e. The Balaban J connectivity index is 1.47. The molecule has 2 aromatic carbocycles. The fraction of sp³-hybridized carbons (Fsp3) is 0.120. The van der Waals surface area contributed by atoms with E-state index in [2.05, 4.69) is 20.5 Å². The lowest BCUT2D eigenvalue weighted by Crippen LogP contribution is -2.19. The molecule has 0 fully saturated rings. The standard InChI is InChI=1S/C25H19F2N5O3/c1-28-25(33)17-5-3-14(9-19(17)26)15-10-20(27)24-31-30-23(32(24)12-15)13-35-22-7-8-29-21-11-16(34-2)4-6-18(21)22/h3-12H,13H2,1-2H3,(H,28,33). The van der Waals surface area contributed by atoms with Gasteiger partial charge in [-0.05, 0) is 42.0 Å². The van der Waals surface area contributed by atoms with Crippen LogP contribution in [0.4, 0.5) is 8.78 Å². The number of methoxy groups -OCH3 is 1. The summed E-state index contributed by atoms with van der Waals surface area (Å²) in [6.07, 6.45) is 3.22. The molecule has 0 atom stereocenters. The lowest BCUT2D eigenvalue weighted by Gasteiger charge is -2.10. The number of rotatable bonds is 6. The van der Waals surface area contributed by atoms with Crippen molar-refractivity contribution < 1.29 is 23.0 Å². The van der Waals surface area contributed by atoms with Crippen molar-refractivity contribution in [3.05, 3.63) is 83.9 Å². The lowest BCUT2D eigenvalue weighted by atomic mass is 10.0. The summed E-state index contributed by atoms with van der Waals surface area (Å²) in [5.41, 5.74) is 1.39. The Morgan fingerprint density at radius 1 is 1.03 bits per heavy atom. The molecule has 0 saturated heterocycles. The van der Waals surface area contributed by atoms with Crippen LogP contribution in [-0.4, -0.2) is 39.6 Å². The Labute approximate surface area is 198 Å². The van der Waals surface area contributed by atoms with Gasteiger partial charge in [-0.1, -0.05) is 6.07 Å². The zero-order chi connectivity index (χ0) is 24.5. The summed E-state index contributed by atoms with van der Waals surface area (Å²) in [4.78, 5) is 16.1. The number of hydrogen-bond acceptors (Lipinski definition) is 6. The number of nitrogens with one attached hydrogen (secondary N) is 1. The monoisotopic (exact) mass is 475 g/mol. The number of hydrogen-bond donors (Lipinski definition) is 1. The van der Waals surface area contributed by atoms with Gasteiger partial charge >= 0.3 is 0 Å². The topological polar surface area (TPSA) is 90.6 Å². The minimum absolute atomic E-state index is 0.000821. The molecule has 0 unspecified atom stereocenters. The fourth-order valence-corrected chi connectivity index (χ4v) is 3.77. The normalized spacial score (nSPS) is 11.1. The summed E-state index contributed by atoms with van der Waals surface area (Å²) in [5, 5.41) is 11.1. The fourth-order valence-electron chi connectivity index (χ4n) is 3.77. The van der Waals surface area contributed by atoms with E-state index in [4.69, 9.17) is 9.47 Å². The molecule has 0 aliphatic rings. The van der Waals surface area contributed by atoms with E-state index in [0.29, 0.717) is 34.0 Å². The number of pyridine rings is 2. The second kappa shape index (κ2) is 8.98.